The predicted octanol–water partition coefficient (Wildman–Crippen LogP) is 2.51. The van der Waals surface area contributed by atoms with Crippen LogP contribution in [-0.2, 0) is 0 Å². The largest absolute Gasteiger partial charge is 0.482 e. The topological polar surface area (TPSA) is 21.6 Å². The molecule has 0 saturated carbocycles. The Kier molecular flexibility index (Phi) is 2.25. The fraction of sp³-hybridized carbons (Fsp3) is 0.300. The van der Waals surface area contributed by atoms with Gasteiger partial charge in [-0.25, -0.2) is 0 Å². The van der Waals surface area contributed by atoms with Gasteiger partial charge in [-0.1, -0.05) is 12.1 Å². The molecule has 0 aliphatic carbocycles. The molecule has 1 unspecified atom stereocenters. The molecule has 0 amide bonds. The van der Waals surface area contributed by atoms with E-state index < -0.39 is 0 Å². The van der Waals surface area contributed by atoms with Crippen LogP contribution in [0, 0.1) is 0 Å². The third-order valence-corrected chi connectivity index (χ3v) is 1.92. The zero-order valence-corrected chi connectivity index (χ0v) is 7.11. The lowest BCUT2D eigenvalue weighted by Gasteiger charge is -2.19. The fourth-order valence-corrected chi connectivity index (χ4v) is 1.26. The smallest absolute Gasteiger partial charge is 0.145 e. The number of para-hydroxylation sites is 2. The highest BCUT2D eigenvalue weighted by molar-refractivity contribution is 5.73. The van der Waals surface area contributed by atoms with E-state index in [9.17, 15) is 4.39 Å². The number of hydrogen-bond acceptors (Lipinski definition) is 2. The third-order valence-electron chi connectivity index (χ3n) is 1.92. The maximum Gasteiger partial charge on any atom is 0.145 e. The lowest BCUT2D eigenvalue weighted by atomic mass is 10.2. The summed E-state index contributed by atoms with van der Waals surface area (Å²) < 4.78 is 17.5. The lowest BCUT2D eigenvalue weighted by Crippen LogP contribution is -2.21. The Balaban J connectivity index is 2.19. The van der Waals surface area contributed by atoms with Gasteiger partial charge in [-0.3, -0.25) is 9.38 Å². The van der Waals surface area contributed by atoms with Crippen molar-refractivity contribution in [3.8, 4) is 5.75 Å². The SMILES string of the molecule is FCCC1C=Nc2ccccc2O1. The molecule has 0 radical (unpaired) electrons. The molecule has 1 heterocycles. The van der Waals surface area contributed by atoms with E-state index in [1.54, 1.807) is 6.21 Å². The number of hydrogen-bond donors (Lipinski definition) is 0. The van der Waals surface area contributed by atoms with Gasteiger partial charge >= 0.3 is 0 Å². The maximum absolute atomic E-state index is 12.0. The number of benzene rings is 1. The van der Waals surface area contributed by atoms with Gasteiger partial charge in [0.2, 0.25) is 0 Å². The van der Waals surface area contributed by atoms with Gasteiger partial charge in [-0.2, -0.15) is 0 Å². The molecule has 1 aromatic rings. The van der Waals surface area contributed by atoms with Crippen molar-refractivity contribution < 1.29 is 9.13 Å². The van der Waals surface area contributed by atoms with Crippen LogP contribution in [0.2, 0.25) is 0 Å². The van der Waals surface area contributed by atoms with Crippen molar-refractivity contribution in [2.45, 2.75) is 12.5 Å². The third kappa shape index (κ3) is 1.69. The number of ether oxygens (including phenoxy) is 1. The van der Waals surface area contributed by atoms with Gasteiger partial charge in [0.05, 0.1) is 6.67 Å². The molecule has 0 N–H and O–H groups in total. The first kappa shape index (κ1) is 8.23. The molecular weight excluding hydrogens is 169 g/mol. The number of alkyl halides is 1. The van der Waals surface area contributed by atoms with Gasteiger partial charge in [-0.05, 0) is 12.1 Å². The second-order valence-corrected chi connectivity index (χ2v) is 2.88. The summed E-state index contributed by atoms with van der Waals surface area (Å²) in [5.41, 5.74) is 0.817. The van der Waals surface area contributed by atoms with E-state index in [-0.39, 0.29) is 12.8 Å². The summed E-state index contributed by atoms with van der Waals surface area (Å²) in [6.07, 6.45) is 1.82. The van der Waals surface area contributed by atoms with E-state index in [2.05, 4.69) is 4.99 Å². The highest BCUT2D eigenvalue weighted by Gasteiger charge is 2.14. The molecule has 1 aliphatic heterocycles. The predicted molar refractivity (Wildman–Crippen MR) is 49.6 cm³/mol. The van der Waals surface area contributed by atoms with Crippen LogP contribution < -0.4 is 4.74 Å². The minimum atomic E-state index is -0.376. The molecule has 0 bridgehead atoms. The lowest BCUT2D eigenvalue weighted by molar-refractivity contribution is 0.241. The maximum atomic E-state index is 12.0. The van der Waals surface area contributed by atoms with Crippen molar-refractivity contribution in [1.29, 1.82) is 0 Å². The van der Waals surface area contributed by atoms with Crippen molar-refractivity contribution in [3.63, 3.8) is 0 Å². The van der Waals surface area contributed by atoms with Crippen molar-refractivity contribution in [3.05, 3.63) is 24.3 Å². The van der Waals surface area contributed by atoms with Crippen LogP contribution >= 0.6 is 0 Å². The Hall–Kier alpha value is -1.38. The van der Waals surface area contributed by atoms with Crippen molar-refractivity contribution in [2.75, 3.05) is 6.67 Å². The van der Waals surface area contributed by atoms with E-state index >= 15 is 0 Å². The van der Waals surface area contributed by atoms with Gasteiger partial charge in [0.25, 0.3) is 0 Å². The van der Waals surface area contributed by atoms with Gasteiger partial charge in [0.15, 0.2) is 0 Å². The molecule has 0 saturated heterocycles. The van der Waals surface area contributed by atoms with Gasteiger partial charge in [0, 0.05) is 12.6 Å². The Morgan fingerprint density at radius 3 is 3.08 bits per heavy atom. The molecule has 1 aliphatic rings. The first-order valence-corrected chi connectivity index (χ1v) is 4.26. The van der Waals surface area contributed by atoms with Crippen LogP contribution in [0.3, 0.4) is 0 Å². The summed E-state index contributed by atoms with van der Waals surface area (Å²) in [5.74, 6) is 0.739. The van der Waals surface area contributed by atoms with Crippen molar-refractivity contribution in [2.24, 2.45) is 4.99 Å². The molecule has 2 rings (SSSR count). The number of rotatable bonds is 2. The van der Waals surface area contributed by atoms with E-state index in [0.717, 1.165) is 11.4 Å². The Bertz CT molecular complexity index is 324. The first-order valence-electron chi connectivity index (χ1n) is 4.26. The quantitative estimate of drug-likeness (QED) is 0.683. The molecule has 2 nitrogen and oxygen atoms in total. The van der Waals surface area contributed by atoms with Gasteiger partial charge in [-0.15, -0.1) is 0 Å². The van der Waals surface area contributed by atoms with Crippen LogP contribution in [0.1, 0.15) is 6.42 Å². The van der Waals surface area contributed by atoms with E-state index in [4.69, 9.17) is 4.74 Å². The summed E-state index contributed by atoms with van der Waals surface area (Å²) in [6.45, 7) is -0.376. The first-order chi connectivity index (χ1) is 6.40. The van der Waals surface area contributed by atoms with Crippen LogP contribution in [0.5, 0.6) is 5.75 Å². The van der Waals surface area contributed by atoms with Crippen molar-refractivity contribution >= 4 is 11.9 Å². The minimum Gasteiger partial charge on any atom is -0.482 e. The van der Waals surface area contributed by atoms with Gasteiger partial charge < -0.3 is 4.74 Å². The molecule has 1 atom stereocenters. The number of halogens is 1. The average Bonchev–Trinajstić information content (AvgIpc) is 2.18. The summed E-state index contributed by atoms with van der Waals surface area (Å²) in [7, 11) is 0. The summed E-state index contributed by atoms with van der Waals surface area (Å²) in [5, 5.41) is 0. The van der Waals surface area contributed by atoms with Crippen molar-refractivity contribution in [1.82, 2.24) is 0 Å². The summed E-state index contributed by atoms with van der Waals surface area (Å²) in [4.78, 5) is 4.18. The van der Waals surface area contributed by atoms with E-state index in [1.165, 1.54) is 0 Å². The second-order valence-electron chi connectivity index (χ2n) is 2.88. The summed E-state index contributed by atoms with van der Waals surface area (Å²) in [6, 6.07) is 7.50. The Morgan fingerprint density at radius 2 is 2.23 bits per heavy atom. The average molecular weight is 179 g/mol. The highest BCUT2D eigenvalue weighted by Crippen LogP contribution is 2.30. The molecule has 0 fully saturated rings. The standard InChI is InChI=1S/C10H10FNO/c11-6-5-8-7-12-9-3-1-2-4-10(9)13-8/h1-4,7-8H,5-6H2. The van der Waals surface area contributed by atoms with E-state index in [0.29, 0.717) is 6.42 Å². The molecule has 1 aromatic carbocycles. The second kappa shape index (κ2) is 3.56. The van der Waals surface area contributed by atoms with Crippen LogP contribution in [0.25, 0.3) is 0 Å². The van der Waals surface area contributed by atoms with Gasteiger partial charge in [0.1, 0.15) is 17.5 Å². The normalized spacial score (nSPS) is 19.3. The molecular formula is C10H10FNO. The molecule has 0 aromatic heterocycles. The van der Waals surface area contributed by atoms with Crippen LogP contribution in [0.4, 0.5) is 10.1 Å². The van der Waals surface area contributed by atoms with E-state index in [1.807, 2.05) is 24.3 Å². The zero-order valence-electron chi connectivity index (χ0n) is 7.11. The summed E-state index contributed by atoms with van der Waals surface area (Å²) >= 11 is 0. The zero-order chi connectivity index (χ0) is 9.10. The molecule has 3 heteroatoms. The Labute approximate surface area is 76.1 Å². The molecule has 68 valence electrons. The Morgan fingerprint density at radius 1 is 1.38 bits per heavy atom. The monoisotopic (exact) mass is 179 g/mol. The molecule has 0 spiro atoms. The van der Waals surface area contributed by atoms with Crippen LogP contribution in [0.15, 0.2) is 29.3 Å². The highest BCUT2D eigenvalue weighted by atomic mass is 19.1. The molecule has 13 heavy (non-hydrogen) atoms. The van der Waals surface area contributed by atoms with Crippen LogP contribution in [-0.4, -0.2) is 19.0 Å². The fourth-order valence-electron chi connectivity index (χ4n) is 1.26. The number of nitrogens with zero attached hydrogens (tertiary/aromatic N) is 1. The number of aliphatic imine (C=N–C) groups is 1. The number of fused-ring (bicyclic) bond motifs is 1. The minimum absolute atomic E-state index is 0.208.